The maximum Gasteiger partial charge on any atom is 0.243 e. The average Bonchev–Trinajstić information content (AvgIpc) is 2.75. The zero-order valence-electron chi connectivity index (χ0n) is 18.2. The highest BCUT2D eigenvalue weighted by Crippen LogP contribution is 2.25. The van der Waals surface area contributed by atoms with Crippen molar-refractivity contribution >= 4 is 33.4 Å². The quantitative estimate of drug-likeness (QED) is 0.571. The van der Waals surface area contributed by atoms with E-state index in [1.165, 1.54) is 12.1 Å². The molecular weight excluding hydrogens is 450 g/mol. The highest BCUT2D eigenvalue weighted by molar-refractivity contribution is 7.89. The van der Waals surface area contributed by atoms with Crippen LogP contribution in [0.1, 0.15) is 31.4 Å². The first-order chi connectivity index (χ1) is 15.2. The third kappa shape index (κ3) is 6.09. The zero-order valence-corrected chi connectivity index (χ0v) is 19.7. The lowest BCUT2D eigenvalue weighted by Gasteiger charge is -2.36. The highest BCUT2D eigenvalue weighted by Gasteiger charge is 2.34. The minimum Gasteiger partial charge on any atom is -0.353 e. The molecule has 2 aromatic rings. The number of fused-ring (bicyclic) bond motifs is 1. The Morgan fingerprint density at radius 1 is 1.09 bits per heavy atom. The van der Waals surface area contributed by atoms with Crippen molar-refractivity contribution in [3.8, 4) is 0 Å². The number of sulfonamides is 1. The highest BCUT2D eigenvalue weighted by atomic mass is 35.5. The van der Waals surface area contributed by atoms with Crippen LogP contribution in [0.5, 0.6) is 0 Å². The van der Waals surface area contributed by atoms with Crippen LogP contribution in [-0.4, -0.2) is 44.3 Å². The van der Waals surface area contributed by atoms with Gasteiger partial charge in [-0.05, 0) is 35.2 Å². The van der Waals surface area contributed by atoms with E-state index < -0.39 is 16.1 Å². The topological polar surface area (TPSA) is 95.6 Å². The fraction of sp³-hybridized carbons (Fsp3) is 0.391. The largest absolute Gasteiger partial charge is 0.353 e. The molecule has 0 saturated carbocycles. The van der Waals surface area contributed by atoms with Gasteiger partial charge in [-0.2, -0.15) is 0 Å². The number of hydrogen-bond acceptors (Lipinski definition) is 4. The third-order valence-corrected chi connectivity index (χ3v) is 6.97. The molecule has 32 heavy (non-hydrogen) atoms. The number of nitrogens with zero attached hydrogens (tertiary/aromatic N) is 1. The zero-order chi connectivity index (χ0) is 23.3. The minimum atomic E-state index is -3.73. The number of benzene rings is 2. The summed E-state index contributed by atoms with van der Waals surface area (Å²) in [6.07, 6.45) is 0.797. The maximum absolute atomic E-state index is 12.9. The summed E-state index contributed by atoms with van der Waals surface area (Å²) in [5.74, 6) is -0.167. The smallest absolute Gasteiger partial charge is 0.243 e. The molecule has 0 radical (unpaired) electrons. The summed E-state index contributed by atoms with van der Waals surface area (Å²) in [4.78, 5) is 27.5. The summed E-state index contributed by atoms with van der Waals surface area (Å²) in [5.41, 5.74) is 2.09. The standard InChI is InChI=1S/C23H28ClN3O4S/c1-16(2)12-22(28)27-15-18-7-4-3-6-17(18)13-21(27)23(29)25-10-11-26-32(30,31)20-9-5-8-19(24)14-20/h3-9,14,16,21,26H,10-13,15H2,1-2H3,(H,25,29). The second kappa shape index (κ2) is 10.5. The summed E-state index contributed by atoms with van der Waals surface area (Å²) < 4.78 is 27.2. The molecule has 0 aliphatic carbocycles. The number of hydrogen-bond donors (Lipinski definition) is 2. The Balaban J connectivity index is 1.62. The predicted molar refractivity (Wildman–Crippen MR) is 124 cm³/mol. The monoisotopic (exact) mass is 477 g/mol. The first kappa shape index (κ1) is 24.2. The lowest BCUT2D eigenvalue weighted by atomic mass is 9.92. The van der Waals surface area contributed by atoms with E-state index >= 15 is 0 Å². The van der Waals surface area contributed by atoms with E-state index in [9.17, 15) is 18.0 Å². The normalized spacial score (nSPS) is 16.0. The van der Waals surface area contributed by atoms with Crippen LogP contribution >= 0.6 is 11.6 Å². The van der Waals surface area contributed by atoms with Gasteiger partial charge in [0, 0.05) is 37.5 Å². The van der Waals surface area contributed by atoms with Crippen LogP contribution in [0, 0.1) is 5.92 Å². The van der Waals surface area contributed by atoms with Gasteiger partial charge in [-0.1, -0.05) is 55.8 Å². The Labute approximate surface area is 194 Å². The summed E-state index contributed by atoms with van der Waals surface area (Å²) in [7, 11) is -3.73. The van der Waals surface area contributed by atoms with Crippen molar-refractivity contribution in [2.75, 3.05) is 13.1 Å². The van der Waals surface area contributed by atoms with Gasteiger partial charge in [0.15, 0.2) is 0 Å². The molecule has 1 aliphatic heterocycles. The SMILES string of the molecule is CC(C)CC(=O)N1Cc2ccccc2CC1C(=O)NCCNS(=O)(=O)c1cccc(Cl)c1. The van der Waals surface area contributed by atoms with Crippen LogP contribution in [0.25, 0.3) is 0 Å². The lowest BCUT2D eigenvalue weighted by molar-refractivity contribution is -0.142. The molecule has 0 saturated heterocycles. The van der Waals surface area contributed by atoms with Crippen molar-refractivity contribution in [1.29, 1.82) is 0 Å². The van der Waals surface area contributed by atoms with Crippen LogP contribution in [0.2, 0.25) is 5.02 Å². The number of rotatable bonds is 8. The molecule has 2 amide bonds. The Kier molecular flexibility index (Phi) is 7.92. The van der Waals surface area contributed by atoms with E-state index in [-0.39, 0.29) is 35.7 Å². The van der Waals surface area contributed by atoms with Crippen LogP contribution in [0.4, 0.5) is 0 Å². The summed E-state index contributed by atoms with van der Waals surface area (Å²) in [5, 5.41) is 3.09. The van der Waals surface area contributed by atoms with Crippen molar-refractivity contribution in [1.82, 2.24) is 14.9 Å². The molecule has 7 nitrogen and oxygen atoms in total. The molecule has 0 fully saturated rings. The van der Waals surface area contributed by atoms with E-state index in [0.29, 0.717) is 24.4 Å². The molecular formula is C23H28ClN3O4S. The van der Waals surface area contributed by atoms with Gasteiger partial charge in [0.1, 0.15) is 6.04 Å². The third-order valence-electron chi connectivity index (χ3n) is 5.28. The molecule has 2 aromatic carbocycles. The molecule has 172 valence electrons. The molecule has 3 rings (SSSR count). The number of halogens is 1. The van der Waals surface area contributed by atoms with Gasteiger partial charge in [-0.15, -0.1) is 0 Å². The Hall–Kier alpha value is -2.42. The Morgan fingerprint density at radius 3 is 2.50 bits per heavy atom. The van der Waals surface area contributed by atoms with Gasteiger partial charge in [0.05, 0.1) is 4.90 Å². The van der Waals surface area contributed by atoms with Crippen LogP contribution < -0.4 is 10.0 Å². The average molecular weight is 478 g/mol. The molecule has 2 N–H and O–H groups in total. The maximum atomic E-state index is 12.9. The van der Waals surface area contributed by atoms with E-state index in [1.807, 2.05) is 38.1 Å². The molecule has 1 aliphatic rings. The first-order valence-electron chi connectivity index (χ1n) is 10.6. The number of nitrogens with one attached hydrogen (secondary N) is 2. The first-order valence-corrected chi connectivity index (χ1v) is 12.4. The van der Waals surface area contributed by atoms with E-state index in [2.05, 4.69) is 10.0 Å². The second-order valence-corrected chi connectivity index (χ2v) is 10.5. The van der Waals surface area contributed by atoms with Crippen molar-refractivity contribution in [3.05, 3.63) is 64.7 Å². The van der Waals surface area contributed by atoms with Gasteiger partial charge >= 0.3 is 0 Å². The van der Waals surface area contributed by atoms with Crippen LogP contribution in [0.15, 0.2) is 53.4 Å². The van der Waals surface area contributed by atoms with E-state index in [1.54, 1.807) is 17.0 Å². The summed E-state index contributed by atoms with van der Waals surface area (Å²) >= 11 is 5.86. The van der Waals surface area contributed by atoms with Crippen LogP contribution in [0.3, 0.4) is 0 Å². The number of amides is 2. The summed E-state index contributed by atoms with van der Waals surface area (Å²) in [6, 6.07) is 13.1. The van der Waals surface area contributed by atoms with E-state index in [0.717, 1.165) is 11.1 Å². The van der Waals surface area contributed by atoms with Gasteiger partial charge in [0.25, 0.3) is 0 Å². The fourth-order valence-electron chi connectivity index (χ4n) is 3.69. The molecule has 1 heterocycles. The second-order valence-electron chi connectivity index (χ2n) is 8.25. The van der Waals surface area contributed by atoms with Gasteiger partial charge in [-0.3, -0.25) is 9.59 Å². The number of carbonyl (C=O) groups is 2. The van der Waals surface area contributed by atoms with Crippen molar-refractivity contribution in [2.24, 2.45) is 5.92 Å². The fourth-order valence-corrected chi connectivity index (χ4v) is 5.02. The van der Waals surface area contributed by atoms with E-state index in [4.69, 9.17) is 11.6 Å². The van der Waals surface area contributed by atoms with Crippen molar-refractivity contribution in [2.45, 2.75) is 44.2 Å². The minimum absolute atomic E-state index is 0.0177. The van der Waals surface area contributed by atoms with Crippen LogP contribution in [-0.2, 0) is 32.6 Å². The molecule has 9 heteroatoms. The Bertz CT molecular complexity index is 1090. The Morgan fingerprint density at radius 2 is 1.81 bits per heavy atom. The van der Waals surface area contributed by atoms with Crippen molar-refractivity contribution in [3.63, 3.8) is 0 Å². The molecule has 1 unspecified atom stereocenters. The van der Waals surface area contributed by atoms with Crippen molar-refractivity contribution < 1.29 is 18.0 Å². The molecule has 0 spiro atoms. The van der Waals surface area contributed by atoms with Gasteiger partial charge < -0.3 is 10.2 Å². The van der Waals surface area contributed by atoms with Gasteiger partial charge in [-0.25, -0.2) is 13.1 Å². The predicted octanol–water partition coefficient (Wildman–Crippen LogP) is 2.73. The lowest BCUT2D eigenvalue weighted by Crippen LogP contribution is -2.53. The molecule has 1 atom stereocenters. The summed E-state index contributed by atoms with van der Waals surface area (Å²) in [6.45, 7) is 4.45. The molecule has 0 bridgehead atoms. The van der Waals surface area contributed by atoms with Gasteiger partial charge in [0.2, 0.25) is 21.8 Å². The number of carbonyl (C=O) groups excluding carboxylic acids is 2. The molecule has 0 aromatic heterocycles.